The first-order valence-electron chi connectivity index (χ1n) is 6.70. The summed E-state index contributed by atoms with van der Waals surface area (Å²) in [5, 5.41) is 0. The van der Waals surface area contributed by atoms with Crippen molar-refractivity contribution in [3.8, 4) is 0 Å². The minimum Gasteiger partial charge on any atom is -0.293 e. The second-order valence-corrected chi connectivity index (χ2v) is 4.92. The van der Waals surface area contributed by atoms with E-state index in [0.29, 0.717) is 18.6 Å². The van der Waals surface area contributed by atoms with Crippen LogP contribution in [0.2, 0.25) is 0 Å². The second-order valence-electron chi connectivity index (χ2n) is 4.92. The van der Waals surface area contributed by atoms with E-state index in [0.717, 1.165) is 0 Å². The lowest BCUT2D eigenvalue weighted by Gasteiger charge is -2.16. The molecule has 0 aromatic heterocycles. The summed E-state index contributed by atoms with van der Waals surface area (Å²) < 4.78 is 76.7. The highest BCUT2D eigenvalue weighted by Crippen LogP contribution is 2.37. The molecule has 7 heteroatoms. The Morgan fingerprint density at radius 1 is 1.13 bits per heavy atom. The number of halogens is 6. The molecule has 1 unspecified atom stereocenters. The van der Waals surface area contributed by atoms with Crippen molar-refractivity contribution in [1.29, 1.82) is 0 Å². The summed E-state index contributed by atoms with van der Waals surface area (Å²) in [7, 11) is 0. The van der Waals surface area contributed by atoms with Crippen molar-refractivity contribution in [2.24, 2.45) is 5.92 Å². The quantitative estimate of drug-likeness (QED) is 0.385. The number of benzene rings is 1. The van der Waals surface area contributed by atoms with Crippen molar-refractivity contribution >= 4 is 5.78 Å². The number of alkyl halides is 6. The summed E-state index contributed by atoms with van der Waals surface area (Å²) in [5.41, 5.74) is -1.29. The molecule has 0 fully saturated rings. The Hall–Kier alpha value is -2.01. The van der Waals surface area contributed by atoms with Crippen LogP contribution in [0, 0.1) is 5.92 Å². The van der Waals surface area contributed by atoms with Crippen molar-refractivity contribution in [2.45, 2.75) is 32.1 Å². The van der Waals surface area contributed by atoms with Gasteiger partial charge in [-0.05, 0) is 30.7 Å². The molecule has 0 N–H and O–H groups in total. The molecule has 0 bridgehead atoms. The number of carbonyl (C=O) groups is 1. The van der Waals surface area contributed by atoms with Gasteiger partial charge >= 0.3 is 12.4 Å². The highest BCUT2D eigenvalue weighted by Gasteiger charge is 2.37. The normalized spacial score (nSPS) is 13.3. The summed E-state index contributed by atoms with van der Waals surface area (Å²) in [5.74, 6) is -1.68. The van der Waals surface area contributed by atoms with E-state index in [2.05, 4.69) is 12.3 Å². The van der Waals surface area contributed by atoms with Gasteiger partial charge in [-0.2, -0.15) is 26.3 Å². The lowest BCUT2D eigenvalue weighted by molar-refractivity contribution is -0.143. The Labute approximate surface area is 129 Å². The first kappa shape index (κ1) is 19.0. The maximum absolute atomic E-state index is 12.8. The second kappa shape index (κ2) is 7.04. The van der Waals surface area contributed by atoms with Crippen LogP contribution in [0.1, 0.15) is 41.3 Å². The van der Waals surface area contributed by atoms with Crippen molar-refractivity contribution < 1.29 is 31.1 Å². The molecule has 0 aliphatic rings. The summed E-state index contributed by atoms with van der Waals surface area (Å²) in [6.07, 6.45) is -7.91. The molecule has 0 aliphatic carbocycles. The van der Waals surface area contributed by atoms with Gasteiger partial charge in [-0.25, -0.2) is 0 Å². The first-order valence-corrected chi connectivity index (χ1v) is 6.70. The molecule has 1 nitrogen and oxygen atoms in total. The van der Waals surface area contributed by atoms with Gasteiger partial charge < -0.3 is 0 Å². The van der Waals surface area contributed by atoms with Crippen LogP contribution in [0.5, 0.6) is 0 Å². The van der Waals surface area contributed by atoms with Gasteiger partial charge in [0.1, 0.15) is 0 Å². The zero-order valence-corrected chi connectivity index (χ0v) is 12.2. The Bertz CT molecular complexity index is 588. The van der Waals surface area contributed by atoms with E-state index >= 15 is 0 Å². The summed E-state index contributed by atoms with van der Waals surface area (Å²) >= 11 is 0. The van der Waals surface area contributed by atoms with Gasteiger partial charge in [0.25, 0.3) is 0 Å². The molecule has 126 valence electrons. The topological polar surface area (TPSA) is 17.1 Å². The maximum Gasteiger partial charge on any atom is 0.416 e. The SMILES string of the molecule is C=C=CC(CCC)C(=O)c1cc(C(F)(F)F)cc(C(F)(F)F)c1. The standard InChI is InChI=1S/C16H14F6O/c1-3-5-10(6-4-2)14(23)11-7-12(15(17,18)19)9-13(8-11)16(20,21)22/h5,7-10H,1,4,6H2,2H3. The fourth-order valence-electron chi connectivity index (χ4n) is 2.05. The summed E-state index contributed by atoms with van der Waals surface area (Å²) in [4.78, 5) is 12.2. The van der Waals surface area contributed by atoms with Crippen LogP contribution in [0.25, 0.3) is 0 Å². The lowest BCUT2D eigenvalue weighted by Crippen LogP contribution is -2.17. The van der Waals surface area contributed by atoms with Crippen LogP contribution in [-0.4, -0.2) is 5.78 Å². The first-order chi connectivity index (χ1) is 10.5. The summed E-state index contributed by atoms with van der Waals surface area (Å²) in [6.45, 7) is 5.02. The van der Waals surface area contributed by atoms with Crippen LogP contribution >= 0.6 is 0 Å². The predicted molar refractivity (Wildman–Crippen MR) is 72.9 cm³/mol. The van der Waals surface area contributed by atoms with Crippen molar-refractivity contribution in [3.63, 3.8) is 0 Å². The van der Waals surface area contributed by atoms with E-state index in [9.17, 15) is 31.1 Å². The molecule has 23 heavy (non-hydrogen) atoms. The molecule has 0 saturated carbocycles. The third-order valence-corrected chi connectivity index (χ3v) is 3.13. The van der Waals surface area contributed by atoms with Crippen LogP contribution in [0.15, 0.2) is 36.6 Å². The van der Waals surface area contributed by atoms with E-state index in [-0.39, 0.29) is 12.5 Å². The minimum atomic E-state index is -4.98. The van der Waals surface area contributed by atoms with Crippen LogP contribution in [0.4, 0.5) is 26.3 Å². The zero-order valence-electron chi connectivity index (χ0n) is 12.2. The maximum atomic E-state index is 12.8. The zero-order chi connectivity index (χ0) is 17.8. The molecule has 1 aromatic rings. The molecule has 0 radical (unpaired) electrons. The smallest absolute Gasteiger partial charge is 0.293 e. The highest BCUT2D eigenvalue weighted by molar-refractivity contribution is 5.99. The van der Waals surface area contributed by atoms with Crippen molar-refractivity contribution in [3.05, 3.63) is 53.3 Å². The number of allylic oxidation sites excluding steroid dienone is 1. The van der Waals surface area contributed by atoms with Crippen molar-refractivity contribution in [2.75, 3.05) is 0 Å². The van der Waals surface area contributed by atoms with E-state index in [1.165, 1.54) is 6.08 Å². The lowest BCUT2D eigenvalue weighted by atomic mass is 9.91. The molecule has 0 saturated heterocycles. The molecular formula is C16H14F6O. The minimum absolute atomic E-state index is 0.00501. The number of hydrogen-bond donors (Lipinski definition) is 0. The third kappa shape index (κ3) is 4.99. The molecule has 1 atom stereocenters. The van der Waals surface area contributed by atoms with E-state index in [1.54, 1.807) is 6.92 Å². The van der Waals surface area contributed by atoms with Gasteiger partial charge in [0.2, 0.25) is 0 Å². The molecule has 0 spiro atoms. The number of ketones is 1. The van der Waals surface area contributed by atoms with Crippen LogP contribution < -0.4 is 0 Å². The fraction of sp³-hybridized carbons (Fsp3) is 0.375. The Morgan fingerprint density at radius 3 is 1.96 bits per heavy atom. The van der Waals surface area contributed by atoms with E-state index < -0.39 is 40.7 Å². The third-order valence-electron chi connectivity index (χ3n) is 3.13. The molecular weight excluding hydrogens is 322 g/mol. The van der Waals surface area contributed by atoms with E-state index in [1.807, 2.05) is 0 Å². The highest BCUT2D eigenvalue weighted by atomic mass is 19.4. The van der Waals surface area contributed by atoms with Crippen LogP contribution in [0.3, 0.4) is 0 Å². The van der Waals surface area contributed by atoms with E-state index in [4.69, 9.17) is 0 Å². The van der Waals surface area contributed by atoms with Gasteiger partial charge in [-0.1, -0.05) is 19.9 Å². The van der Waals surface area contributed by atoms with Gasteiger partial charge in [-0.15, -0.1) is 5.73 Å². The Kier molecular flexibility index (Phi) is 5.83. The predicted octanol–water partition coefficient (Wildman–Crippen LogP) is 5.66. The van der Waals surface area contributed by atoms with Gasteiger partial charge in [0, 0.05) is 11.5 Å². The number of carbonyl (C=O) groups excluding carboxylic acids is 1. The number of hydrogen-bond acceptors (Lipinski definition) is 1. The largest absolute Gasteiger partial charge is 0.416 e. The van der Waals surface area contributed by atoms with Crippen molar-refractivity contribution in [1.82, 2.24) is 0 Å². The fourth-order valence-corrected chi connectivity index (χ4v) is 2.05. The van der Waals surface area contributed by atoms with Gasteiger partial charge in [0.15, 0.2) is 5.78 Å². The average molecular weight is 336 g/mol. The van der Waals surface area contributed by atoms with Crippen LogP contribution in [-0.2, 0) is 12.4 Å². The van der Waals surface area contributed by atoms with Gasteiger partial charge in [0.05, 0.1) is 11.1 Å². The average Bonchev–Trinajstić information content (AvgIpc) is 2.44. The number of rotatable bonds is 5. The molecule has 1 aromatic carbocycles. The molecule has 1 rings (SSSR count). The molecule has 0 aliphatic heterocycles. The Balaban J connectivity index is 3.45. The van der Waals surface area contributed by atoms with Gasteiger partial charge in [-0.3, -0.25) is 4.79 Å². The molecule has 0 heterocycles. The summed E-state index contributed by atoms with van der Waals surface area (Å²) in [6, 6.07) is 0.878. The Morgan fingerprint density at radius 2 is 1.61 bits per heavy atom. The number of Topliss-reactive ketones (excluding diaryl/α,β-unsaturated/α-hetero) is 1. The molecule has 0 amide bonds. The monoisotopic (exact) mass is 336 g/mol.